The number of carbonyl (C=O) groups excluding carboxylic acids is 3. The summed E-state index contributed by atoms with van der Waals surface area (Å²) in [5, 5.41) is 11.5. The van der Waals surface area contributed by atoms with Crippen LogP contribution in [0, 0.1) is 0 Å². The summed E-state index contributed by atoms with van der Waals surface area (Å²) >= 11 is 1.15. The molecule has 0 aliphatic carbocycles. The van der Waals surface area contributed by atoms with Crippen molar-refractivity contribution in [3.8, 4) is 0 Å². The third kappa shape index (κ3) is 3.59. The number of aromatic nitrogens is 1. The largest absolute Gasteiger partial charge is 0.546 e. The number of fused-ring (bicyclic) bond motifs is 1. The molecule has 1 aromatic heterocycles. The second-order valence-electron chi connectivity index (χ2n) is 4.40. The van der Waals surface area contributed by atoms with Crippen molar-refractivity contribution in [3.05, 3.63) is 29.3 Å². The minimum absolute atomic E-state index is 0.215. The molecule has 0 aliphatic heterocycles. The number of hydrogen-bond acceptors (Lipinski definition) is 8. The molecule has 0 saturated heterocycles. The Morgan fingerprint density at radius 3 is 2.32 bits per heavy atom. The molecule has 22 heavy (non-hydrogen) atoms. The zero-order chi connectivity index (χ0) is 16.3. The van der Waals surface area contributed by atoms with Crippen LogP contribution in [0.1, 0.15) is 25.0 Å². The average Bonchev–Trinajstić information content (AvgIpc) is 2.85. The van der Waals surface area contributed by atoms with E-state index in [4.69, 9.17) is 9.47 Å². The van der Waals surface area contributed by atoms with Gasteiger partial charge in [0.05, 0.1) is 16.2 Å². The van der Waals surface area contributed by atoms with Gasteiger partial charge in [0.2, 0.25) is 0 Å². The van der Waals surface area contributed by atoms with Gasteiger partial charge in [-0.3, -0.25) is 9.59 Å². The van der Waals surface area contributed by atoms with Crippen LogP contribution in [0.2, 0.25) is 0 Å². The van der Waals surface area contributed by atoms with Gasteiger partial charge >= 0.3 is 11.9 Å². The van der Waals surface area contributed by atoms with Gasteiger partial charge in [0.15, 0.2) is 12.2 Å². The van der Waals surface area contributed by atoms with E-state index in [-0.39, 0.29) is 5.01 Å². The summed E-state index contributed by atoms with van der Waals surface area (Å²) in [6, 6.07) is 7.10. The molecule has 1 heterocycles. The van der Waals surface area contributed by atoms with Crippen LogP contribution in [-0.2, 0) is 23.9 Å². The quantitative estimate of drug-likeness (QED) is 0.741. The number of rotatable bonds is 5. The number of ether oxygens (including phenoxy) is 2. The summed E-state index contributed by atoms with van der Waals surface area (Å²) in [5.74, 6) is -3.21. The second kappa shape index (κ2) is 6.52. The first kappa shape index (κ1) is 15.9. The number of carboxylic acid groups (broad SMARTS) is 1. The molecule has 1 aromatic carbocycles. The van der Waals surface area contributed by atoms with Crippen LogP contribution in [0.5, 0.6) is 0 Å². The maximum absolute atomic E-state index is 11.3. The molecule has 116 valence electrons. The molecular weight excluding hydrogens is 310 g/mol. The predicted molar refractivity (Wildman–Crippen MR) is 74.7 cm³/mol. The Morgan fingerprint density at radius 2 is 1.77 bits per heavy atom. The first-order valence-corrected chi connectivity index (χ1v) is 7.11. The van der Waals surface area contributed by atoms with Crippen molar-refractivity contribution in [3.63, 3.8) is 0 Å². The molecule has 0 bridgehead atoms. The number of benzene rings is 1. The van der Waals surface area contributed by atoms with E-state index in [1.54, 1.807) is 24.3 Å². The SMILES string of the molecule is CC(=O)O[C@H](C(=O)[O-])[C@H](OC(C)=O)c1nc2ccccc2s1. The Labute approximate surface area is 129 Å². The van der Waals surface area contributed by atoms with Gasteiger partial charge in [-0.2, -0.15) is 0 Å². The number of para-hydroxylation sites is 1. The number of aliphatic carboxylic acids is 1. The van der Waals surface area contributed by atoms with Crippen molar-refractivity contribution in [2.45, 2.75) is 26.1 Å². The van der Waals surface area contributed by atoms with E-state index in [0.717, 1.165) is 29.9 Å². The van der Waals surface area contributed by atoms with Crippen molar-refractivity contribution < 1.29 is 29.0 Å². The highest BCUT2D eigenvalue weighted by Crippen LogP contribution is 2.31. The Balaban J connectivity index is 2.45. The number of esters is 2. The van der Waals surface area contributed by atoms with E-state index < -0.39 is 30.1 Å². The summed E-state index contributed by atoms with van der Waals surface area (Å²) in [7, 11) is 0. The fourth-order valence-corrected chi connectivity index (χ4v) is 2.87. The summed E-state index contributed by atoms with van der Waals surface area (Å²) < 4.78 is 10.5. The third-order valence-corrected chi connectivity index (χ3v) is 3.74. The van der Waals surface area contributed by atoms with Crippen molar-refractivity contribution >= 4 is 39.5 Å². The molecule has 2 aromatic rings. The highest BCUT2D eigenvalue weighted by Gasteiger charge is 2.33. The molecule has 2 atom stereocenters. The summed E-state index contributed by atoms with van der Waals surface area (Å²) in [4.78, 5) is 37.8. The van der Waals surface area contributed by atoms with E-state index in [9.17, 15) is 19.5 Å². The molecule has 0 spiro atoms. The van der Waals surface area contributed by atoms with Crippen molar-refractivity contribution in [1.82, 2.24) is 4.98 Å². The van der Waals surface area contributed by atoms with Crippen molar-refractivity contribution in [2.24, 2.45) is 0 Å². The lowest BCUT2D eigenvalue weighted by atomic mass is 10.2. The Bertz CT molecular complexity index is 692. The van der Waals surface area contributed by atoms with Crippen LogP contribution in [0.4, 0.5) is 0 Å². The monoisotopic (exact) mass is 322 g/mol. The maximum atomic E-state index is 11.3. The molecule has 0 radical (unpaired) electrons. The van der Waals surface area contributed by atoms with E-state index in [1.165, 1.54) is 0 Å². The van der Waals surface area contributed by atoms with E-state index in [0.29, 0.717) is 5.52 Å². The first-order chi connectivity index (χ1) is 10.4. The predicted octanol–water partition coefficient (Wildman–Crippen LogP) is 0.582. The van der Waals surface area contributed by atoms with Gasteiger partial charge in [0.1, 0.15) is 5.01 Å². The van der Waals surface area contributed by atoms with Gasteiger partial charge in [0.25, 0.3) is 0 Å². The fourth-order valence-electron chi connectivity index (χ4n) is 1.84. The smallest absolute Gasteiger partial charge is 0.303 e. The number of nitrogens with zero attached hydrogens (tertiary/aromatic N) is 1. The molecule has 0 saturated carbocycles. The lowest BCUT2D eigenvalue weighted by Crippen LogP contribution is -2.43. The highest BCUT2D eigenvalue weighted by molar-refractivity contribution is 7.18. The molecule has 0 amide bonds. The maximum Gasteiger partial charge on any atom is 0.303 e. The van der Waals surface area contributed by atoms with Crippen LogP contribution in [-0.4, -0.2) is 29.0 Å². The van der Waals surface area contributed by atoms with Gasteiger partial charge in [-0.25, -0.2) is 4.98 Å². The van der Waals surface area contributed by atoms with Crippen LogP contribution >= 0.6 is 11.3 Å². The van der Waals surface area contributed by atoms with Crippen LogP contribution in [0.25, 0.3) is 10.2 Å². The molecule has 8 heteroatoms. The number of hydrogen-bond donors (Lipinski definition) is 0. The molecular formula is C14H12NO6S-. The molecule has 0 N–H and O–H groups in total. The molecule has 0 fully saturated rings. The molecule has 2 rings (SSSR count). The van der Waals surface area contributed by atoms with Gasteiger partial charge < -0.3 is 19.4 Å². The Morgan fingerprint density at radius 1 is 1.14 bits per heavy atom. The summed E-state index contributed by atoms with van der Waals surface area (Å²) in [5.41, 5.74) is 0.625. The number of carboxylic acids is 1. The first-order valence-electron chi connectivity index (χ1n) is 6.29. The van der Waals surface area contributed by atoms with Gasteiger partial charge in [-0.05, 0) is 12.1 Å². The topological polar surface area (TPSA) is 106 Å². The Kier molecular flexibility index (Phi) is 4.71. The zero-order valence-corrected chi connectivity index (χ0v) is 12.6. The third-order valence-electron chi connectivity index (χ3n) is 2.65. The standard InChI is InChI=1S/C14H13NO6S/c1-7(16)20-11(12(14(18)19)21-8(2)17)13-15-9-5-3-4-6-10(9)22-13/h3-6,11-12H,1-2H3,(H,18,19)/p-1/t11-,12-/m0/s1. The summed E-state index contributed by atoms with van der Waals surface area (Å²) in [6.07, 6.45) is -3.12. The van der Waals surface area contributed by atoms with E-state index in [1.807, 2.05) is 0 Å². The Hall–Kier alpha value is -2.48. The number of carbonyl (C=O) groups is 3. The average molecular weight is 322 g/mol. The normalized spacial score (nSPS) is 13.4. The van der Waals surface area contributed by atoms with Gasteiger partial charge in [-0.15, -0.1) is 11.3 Å². The van der Waals surface area contributed by atoms with E-state index in [2.05, 4.69) is 4.98 Å². The zero-order valence-electron chi connectivity index (χ0n) is 11.8. The minimum Gasteiger partial charge on any atom is -0.546 e. The molecule has 0 unspecified atom stereocenters. The second-order valence-corrected chi connectivity index (χ2v) is 5.46. The number of thiazole rings is 1. The van der Waals surface area contributed by atoms with Crippen LogP contribution in [0.15, 0.2) is 24.3 Å². The summed E-state index contributed by atoms with van der Waals surface area (Å²) in [6.45, 7) is 2.18. The molecule has 7 nitrogen and oxygen atoms in total. The highest BCUT2D eigenvalue weighted by atomic mass is 32.1. The minimum atomic E-state index is -1.76. The van der Waals surface area contributed by atoms with Crippen LogP contribution < -0.4 is 5.11 Å². The van der Waals surface area contributed by atoms with Crippen molar-refractivity contribution in [1.29, 1.82) is 0 Å². The lowest BCUT2D eigenvalue weighted by Gasteiger charge is -2.25. The molecule has 0 aliphatic rings. The van der Waals surface area contributed by atoms with Gasteiger partial charge in [-0.1, -0.05) is 12.1 Å². The van der Waals surface area contributed by atoms with Gasteiger partial charge in [0, 0.05) is 13.8 Å². The van der Waals surface area contributed by atoms with Crippen molar-refractivity contribution in [2.75, 3.05) is 0 Å². The lowest BCUT2D eigenvalue weighted by molar-refractivity contribution is -0.319. The van der Waals surface area contributed by atoms with Crippen LogP contribution in [0.3, 0.4) is 0 Å². The van der Waals surface area contributed by atoms with E-state index >= 15 is 0 Å². The fraction of sp³-hybridized carbons (Fsp3) is 0.286.